The summed E-state index contributed by atoms with van der Waals surface area (Å²) < 4.78 is 9.76. The summed E-state index contributed by atoms with van der Waals surface area (Å²) in [6.07, 6.45) is 0. The van der Waals surface area contributed by atoms with Gasteiger partial charge in [-0.05, 0) is 48.3 Å². The van der Waals surface area contributed by atoms with E-state index in [1.165, 1.54) is 30.4 Å². The molecule has 3 rings (SSSR count). The Morgan fingerprint density at radius 1 is 1.15 bits per heavy atom. The molecule has 0 bridgehead atoms. The standard InChI is InChI=1S/C19H17N3O3S2/c1-12-5-3-4-6-15(12)17-21-19(27-22-17)26-11-16(23)20-14-9-7-13(8-10-14)18(24)25-2/h3-10H,11H2,1-2H3,(H,20,23). The van der Waals surface area contributed by atoms with Crippen LogP contribution in [0.3, 0.4) is 0 Å². The molecule has 2 aromatic carbocycles. The molecule has 1 aromatic heterocycles. The van der Waals surface area contributed by atoms with Gasteiger partial charge in [0.25, 0.3) is 0 Å². The Hall–Kier alpha value is -2.71. The van der Waals surface area contributed by atoms with Crippen LogP contribution in [0.15, 0.2) is 52.9 Å². The highest BCUT2D eigenvalue weighted by Gasteiger charge is 2.11. The topological polar surface area (TPSA) is 81.2 Å². The number of benzene rings is 2. The summed E-state index contributed by atoms with van der Waals surface area (Å²) in [6.45, 7) is 2.02. The lowest BCUT2D eigenvalue weighted by atomic mass is 10.1. The van der Waals surface area contributed by atoms with Gasteiger partial charge in [-0.25, -0.2) is 9.78 Å². The van der Waals surface area contributed by atoms with Gasteiger partial charge < -0.3 is 10.1 Å². The van der Waals surface area contributed by atoms with Gasteiger partial charge in [-0.15, -0.1) is 0 Å². The largest absolute Gasteiger partial charge is 0.465 e. The molecule has 0 aliphatic rings. The second-order valence-electron chi connectivity index (χ2n) is 5.60. The third kappa shape index (κ3) is 4.93. The molecule has 0 saturated heterocycles. The fraction of sp³-hybridized carbons (Fsp3) is 0.158. The lowest BCUT2D eigenvalue weighted by Crippen LogP contribution is -2.14. The summed E-state index contributed by atoms with van der Waals surface area (Å²) >= 11 is 2.62. The van der Waals surface area contributed by atoms with Crippen molar-refractivity contribution in [1.29, 1.82) is 0 Å². The molecular weight excluding hydrogens is 382 g/mol. The predicted octanol–water partition coefficient (Wildman–Crippen LogP) is 4.03. The van der Waals surface area contributed by atoms with Gasteiger partial charge in [0, 0.05) is 11.3 Å². The zero-order chi connectivity index (χ0) is 19.2. The number of nitrogens with one attached hydrogen (secondary N) is 1. The van der Waals surface area contributed by atoms with Crippen molar-refractivity contribution in [3.05, 3.63) is 59.7 Å². The monoisotopic (exact) mass is 399 g/mol. The van der Waals surface area contributed by atoms with E-state index in [0.717, 1.165) is 15.5 Å². The molecule has 1 amide bonds. The summed E-state index contributed by atoms with van der Waals surface area (Å²) in [4.78, 5) is 28.0. The van der Waals surface area contributed by atoms with Gasteiger partial charge in [-0.1, -0.05) is 36.0 Å². The van der Waals surface area contributed by atoms with Crippen molar-refractivity contribution in [3.8, 4) is 11.4 Å². The third-order valence-electron chi connectivity index (χ3n) is 3.71. The second-order valence-corrected chi connectivity index (χ2v) is 7.58. The first kappa shape index (κ1) is 19.1. The van der Waals surface area contributed by atoms with Gasteiger partial charge in [0.1, 0.15) is 0 Å². The molecule has 0 fully saturated rings. The smallest absolute Gasteiger partial charge is 0.337 e. The minimum absolute atomic E-state index is 0.154. The molecule has 0 spiro atoms. The lowest BCUT2D eigenvalue weighted by Gasteiger charge is -2.05. The van der Waals surface area contributed by atoms with E-state index in [0.29, 0.717) is 17.1 Å². The molecular formula is C19H17N3O3S2. The van der Waals surface area contributed by atoms with Gasteiger partial charge in [-0.2, -0.15) is 4.37 Å². The van der Waals surface area contributed by atoms with Crippen molar-refractivity contribution in [3.63, 3.8) is 0 Å². The predicted molar refractivity (Wildman–Crippen MR) is 107 cm³/mol. The number of methoxy groups -OCH3 is 1. The van der Waals surface area contributed by atoms with Crippen molar-refractivity contribution >= 4 is 40.9 Å². The van der Waals surface area contributed by atoms with E-state index in [1.807, 2.05) is 31.2 Å². The maximum Gasteiger partial charge on any atom is 0.337 e. The summed E-state index contributed by atoms with van der Waals surface area (Å²) in [5.74, 6) is 0.336. The Morgan fingerprint density at radius 3 is 2.59 bits per heavy atom. The van der Waals surface area contributed by atoms with Gasteiger partial charge in [0.05, 0.1) is 18.4 Å². The number of anilines is 1. The van der Waals surface area contributed by atoms with E-state index in [1.54, 1.807) is 24.3 Å². The van der Waals surface area contributed by atoms with E-state index in [9.17, 15) is 9.59 Å². The van der Waals surface area contributed by atoms with Crippen LogP contribution in [0.1, 0.15) is 15.9 Å². The number of thioether (sulfide) groups is 1. The first-order valence-electron chi connectivity index (χ1n) is 8.07. The number of aryl methyl sites for hydroxylation is 1. The Kier molecular flexibility index (Phi) is 6.20. The molecule has 6 nitrogen and oxygen atoms in total. The fourth-order valence-corrected chi connectivity index (χ4v) is 3.74. The third-order valence-corrected chi connectivity index (χ3v) is 5.54. The van der Waals surface area contributed by atoms with Crippen molar-refractivity contribution < 1.29 is 14.3 Å². The Bertz CT molecular complexity index is 955. The molecule has 1 N–H and O–H groups in total. The molecule has 0 radical (unpaired) electrons. The second kappa shape index (κ2) is 8.79. The SMILES string of the molecule is COC(=O)c1ccc(NC(=O)CSc2nc(-c3ccccc3C)ns2)cc1. The van der Waals surface area contributed by atoms with Gasteiger partial charge in [-0.3, -0.25) is 4.79 Å². The maximum atomic E-state index is 12.1. The van der Waals surface area contributed by atoms with Crippen molar-refractivity contribution in [2.24, 2.45) is 0 Å². The molecule has 138 valence electrons. The van der Waals surface area contributed by atoms with E-state index in [4.69, 9.17) is 0 Å². The van der Waals surface area contributed by atoms with Crippen molar-refractivity contribution in [2.45, 2.75) is 11.3 Å². The van der Waals surface area contributed by atoms with Crippen LogP contribution in [0.5, 0.6) is 0 Å². The molecule has 0 atom stereocenters. The van der Waals surface area contributed by atoms with Crippen LogP contribution in [-0.2, 0) is 9.53 Å². The number of hydrogen-bond acceptors (Lipinski definition) is 7. The normalized spacial score (nSPS) is 10.4. The van der Waals surface area contributed by atoms with Crippen LogP contribution < -0.4 is 5.32 Å². The summed E-state index contributed by atoms with van der Waals surface area (Å²) in [7, 11) is 1.33. The van der Waals surface area contributed by atoms with Crippen LogP contribution >= 0.6 is 23.3 Å². The van der Waals surface area contributed by atoms with Crippen molar-refractivity contribution in [1.82, 2.24) is 9.36 Å². The zero-order valence-corrected chi connectivity index (χ0v) is 16.4. The number of ether oxygens (including phenoxy) is 1. The molecule has 8 heteroatoms. The van der Waals surface area contributed by atoms with E-state index >= 15 is 0 Å². The van der Waals surface area contributed by atoms with Gasteiger partial charge in [0.2, 0.25) is 5.91 Å². The summed E-state index contributed by atoms with van der Waals surface area (Å²) in [5, 5.41) is 2.79. The average molecular weight is 399 g/mol. The van der Waals surface area contributed by atoms with Crippen LogP contribution in [0, 0.1) is 6.92 Å². The van der Waals surface area contributed by atoms with E-state index < -0.39 is 5.97 Å². The van der Waals surface area contributed by atoms with Crippen molar-refractivity contribution in [2.75, 3.05) is 18.2 Å². The van der Waals surface area contributed by atoms with E-state index in [-0.39, 0.29) is 11.7 Å². The number of nitrogens with zero attached hydrogens (tertiary/aromatic N) is 2. The lowest BCUT2D eigenvalue weighted by molar-refractivity contribution is -0.113. The Balaban J connectivity index is 1.55. The Labute approximate surface area is 165 Å². The highest BCUT2D eigenvalue weighted by molar-refractivity contribution is 8.01. The number of esters is 1. The molecule has 0 aliphatic carbocycles. The number of carbonyl (C=O) groups is 2. The summed E-state index contributed by atoms with van der Waals surface area (Å²) in [5.41, 5.74) is 3.16. The maximum absolute atomic E-state index is 12.1. The van der Waals surface area contributed by atoms with E-state index in [2.05, 4.69) is 19.4 Å². The molecule has 0 saturated carbocycles. The van der Waals surface area contributed by atoms with Gasteiger partial charge >= 0.3 is 5.97 Å². The minimum Gasteiger partial charge on any atom is -0.465 e. The number of aromatic nitrogens is 2. The highest BCUT2D eigenvalue weighted by Crippen LogP contribution is 2.27. The van der Waals surface area contributed by atoms with Crippen LogP contribution in [0.2, 0.25) is 0 Å². The number of carbonyl (C=O) groups excluding carboxylic acids is 2. The number of rotatable bonds is 6. The first-order chi connectivity index (χ1) is 13.1. The molecule has 0 aliphatic heterocycles. The number of hydrogen-bond donors (Lipinski definition) is 1. The molecule has 27 heavy (non-hydrogen) atoms. The first-order valence-corrected chi connectivity index (χ1v) is 9.83. The molecule has 1 heterocycles. The average Bonchev–Trinajstić information content (AvgIpc) is 3.15. The quantitative estimate of drug-likeness (QED) is 0.498. The van der Waals surface area contributed by atoms with Gasteiger partial charge in [0.15, 0.2) is 10.2 Å². The molecule has 0 unspecified atom stereocenters. The highest BCUT2D eigenvalue weighted by atomic mass is 32.2. The minimum atomic E-state index is -0.413. The Morgan fingerprint density at radius 2 is 1.89 bits per heavy atom. The number of amides is 1. The zero-order valence-electron chi connectivity index (χ0n) is 14.8. The van der Waals surface area contributed by atoms with Crippen LogP contribution in [-0.4, -0.2) is 34.1 Å². The summed E-state index contributed by atoms with van der Waals surface area (Å²) in [6, 6.07) is 14.5. The molecule has 3 aromatic rings. The van der Waals surface area contributed by atoms with Crippen LogP contribution in [0.4, 0.5) is 5.69 Å². The fourth-order valence-electron chi connectivity index (χ4n) is 2.33. The van der Waals surface area contributed by atoms with Crippen LogP contribution in [0.25, 0.3) is 11.4 Å².